The Hall–Kier alpha value is -2.85. The summed E-state index contributed by atoms with van der Waals surface area (Å²) in [5.41, 5.74) is 0.413. The Labute approximate surface area is 145 Å². The lowest BCUT2D eigenvalue weighted by Crippen LogP contribution is -2.03. The summed E-state index contributed by atoms with van der Waals surface area (Å²) in [6.07, 6.45) is -2.81. The van der Waals surface area contributed by atoms with E-state index in [-0.39, 0.29) is 11.1 Å². The number of aromatic nitrogens is 1. The number of fused-ring (bicyclic) bond motifs is 1. The van der Waals surface area contributed by atoms with E-state index in [4.69, 9.17) is 4.74 Å². The number of benzene rings is 2. The summed E-state index contributed by atoms with van der Waals surface area (Å²) in [7, 11) is 1.52. The number of rotatable bonds is 3. The highest BCUT2D eigenvalue weighted by atomic mass is 32.1. The normalized spacial score (nSPS) is 12.2. The molecule has 0 N–H and O–H groups in total. The van der Waals surface area contributed by atoms with Gasteiger partial charge in [0.15, 0.2) is 0 Å². The molecule has 0 bridgehead atoms. The average molecular weight is 360 g/mol. The van der Waals surface area contributed by atoms with Crippen LogP contribution in [0.3, 0.4) is 0 Å². The van der Waals surface area contributed by atoms with E-state index in [2.05, 4.69) is 11.1 Å². The highest BCUT2D eigenvalue weighted by molar-refractivity contribution is 7.19. The SMILES string of the molecule is COc1ccccc1C=C(C#N)c1nc2cc(C(F)(F)F)ccc2s1. The van der Waals surface area contributed by atoms with Crippen LogP contribution in [0.5, 0.6) is 5.75 Å². The van der Waals surface area contributed by atoms with Gasteiger partial charge in [-0.25, -0.2) is 4.98 Å². The third-order valence-electron chi connectivity index (χ3n) is 3.50. The van der Waals surface area contributed by atoms with Crippen LogP contribution in [0.1, 0.15) is 16.1 Å². The molecule has 0 aliphatic carbocycles. The fourth-order valence-electron chi connectivity index (χ4n) is 2.30. The molecule has 126 valence electrons. The minimum Gasteiger partial charge on any atom is -0.496 e. The number of halogens is 3. The van der Waals surface area contributed by atoms with E-state index in [9.17, 15) is 18.4 Å². The van der Waals surface area contributed by atoms with E-state index < -0.39 is 11.7 Å². The van der Waals surface area contributed by atoms with Crippen molar-refractivity contribution in [3.8, 4) is 11.8 Å². The van der Waals surface area contributed by atoms with Crippen molar-refractivity contribution in [3.63, 3.8) is 0 Å². The molecule has 3 rings (SSSR count). The molecule has 3 nitrogen and oxygen atoms in total. The molecule has 0 amide bonds. The summed E-state index contributed by atoms with van der Waals surface area (Å²) in [4.78, 5) is 4.20. The van der Waals surface area contributed by atoms with E-state index in [0.29, 0.717) is 21.0 Å². The van der Waals surface area contributed by atoms with Gasteiger partial charge in [-0.3, -0.25) is 0 Å². The van der Waals surface area contributed by atoms with Crippen LogP contribution >= 0.6 is 11.3 Å². The number of nitriles is 1. The van der Waals surface area contributed by atoms with Crippen molar-refractivity contribution in [2.45, 2.75) is 6.18 Å². The third-order valence-corrected chi connectivity index (χ3v) is 4.57. The van der Waals surface area contributed by atoms with Gasteiger partial charge in [0.1, 0.15) is 16.8 Å². The van der Waals surface area contributed by atoms with Gasteiger partial charge in [-0.1, -0.05) is 18.2 Å². The molecule has 7 heteroatoms. The molecular weight excluding hydrogens is 349 g/mol. The number of thiazole rings is 1. The van der Waals surface area contributed by atoms with Gasteiger partial charge in [0.2, 0.25) is 0 Å². The fourth-order valence-corrected chi connectivity index (χ4v) is 3.21. The van der Waals surface area contributed by atoms with Crippen molar-refractivity contribution < 1.29 is 17.9 Å². The summed E-state index contributed by atoms with van der Waals surface area (Å²) in [5, 5.41) is 9.80. The quantitative estimate of drug-likeness (QED) is 0.589. The first kappa shape index (κ1) is 17.0. The summed E-state index contributed by atoms with van der Waals surface area (Å²) < 4.78 is 44.3. The van der Waals surface area contributed by atoms with Crippen molar-refractivity contribution in [1.29, 1.82) is 5.26 Å². The maximum atomic E-state index is 12.8. The molecule has 2 aromatic carbocycles. The second-order valence-corrected chi connectivity index (χ2v) is 6.14. The van der Waals surface area contributed by atoms with Gasteiger partial charge in [0.25, 0.3) is 0 Å². The van der Waals surface area contributed by atoms with Crippen molar-refractivity contribution in [1.82, 2.24) is 4.98 Å². The van der Waals surface area contributed by atoms with E-state index >= 15 is 0 Å². The maximum Gasteiger partial charge on any atom is 0.416 e. The van der Waals surface area contributed by atoms with Gasteiger partial charge in [-0.05, 0) is 30.3 Å². The molecule has 0 atom stereocenters. The summed E-state index contributed by atoms with van der Waals surface area (Å²) in [6, 6.07) is 12.6. The number of para-hydroxylation sites is 1. The molecule has 0 spiro atoms. The van der Waals surface area contributed by atoms with Crippen LogP contribution in [0.2, 0.25) is 0 Å². The van der Waals surface area contributed by atoms with Gasteiger partial charge in [-0.2, -0.15) is 18.4 Å². The molecule has 0 aliphatic rings. The fraction of sp³-hybridized carbons (Fsp3) is 0.111. The van der Waals surface area contributed by atoms with Crippen LogP contribution in [0.25, 0.3) is 21.9 Å². The van der Waals surface area contributed by atoms with E-state index in [1.54, 1.807) is 30.3 Å². The number of alkyl halides is 3. The third kappa shape index (κ3) is 3.49. The Kier molecular flexibility index (Phi) is 4.47. The molecule has 1 aromatic heterocycles. The Morgan fingerprint density at radius 2 is 2.00 bits per heavy atom. The van der Waals surface area contributed by atoms with Gasteiger partial charge in [0.05, 0.1) is 28.5 Å². The summed E-state index contributed by atoms with van der Waals surface area (Å²) in [5.74, 6) is 0.593. The monoisotopic (exact) mass is 360 g/mol. The predicted molar refractivity (Wildman–Crippen MR) is 91.1 cm³/mol. The minimum atomic E-state index is -4.43. The first-order valence-electron chi connectivity index (χ1n) is 7.15. The number of nitrogens with zero attached hydrogens (tertiary/aromatic N) is 2. The molecule has 0 saturated carbocycles. The molecule has 0 aliphatic heterocycles. The van der Waals surface area contributed by atoms with Gasteiger partial charge >= 0.3 is 6.18 Å². The Balaban J connectivity index is 2.07. The van der Waals surface area contributed by atoms with Crippen LogP contribution in [0.4, 0.5) is 13.2 Å². The topological polar surface area (TPSA) is 45.9 Å². The van der Waals surface area contributed by atoms with Crippen molar-refractivity contribution >= 4 is 33.2 Å². The highest BCUT2D eigenvalue weighted by Gasteiger charge is 2.30. The molecule has 1 heterocycles. The number of methoxy groups -OCH3 is 1. The Morgan fingerprint density at radius 1 is 1.24 bits per heavy atom. The first-order valence-corrected chi connectivity index (χ1v) is 7.97. The van der Waals surface area contributed by atoms with E-state index in [1.807, 2.05) is 0 Å². The van der Waals surface area contributed by atoms with Crippen LogP contribution in [-0.4, -0.2) is 12.1 Å². The number of hydrogen-bond acceptors (Lipinski definition) is 4. The maximum absolute atomic E-state index is 12.8. The molecular formula is C18H11F3N2OS. The lowest BCUT2D eigenvalue weighted by atomic mass is 10.1. The number of ether oxygens (including phenoxy) is 1. The van der Waals surface area contributed by atoms with Crippen LogP contribution in [0.15, 0.2) is 42.5 Å². The summed E-state index contributed by atoms with van der Waals surface area (Å²) in [6.45, 7) is 0. The van der Waals surface area contributed by atoms with Gasteiger partial charge in [-0.15, -0.1) is 11.3 Å². The van der Waals surface area contributed by atoms with Crippen LogP contribution < -0.4 is 4.74 Å². The average Bonchev–Trinajstić information content (AvgIpc) is 3.02. The van der Waals surface area contributed by atoms with Gasteiger partial charge < -0.3 is 4.74 Å². The van der Waals surface area contributed by atoms with E-state index in [0.717, 1.165) is 12.1 Å². The molecule has 0 fully saturated rings. The van der Waals surface area contributed by atoms with Crippen molar-refractivity contribution in [3.05, 3.63) is 58.6 Å². The van der Waals surface area contributed by atoms with Crippen LogP contribution in [0, 0.1) is 11.3 Å². The molecule has 0 saturated heterocycles. The zero-order valence-corrected chi connectivity index (χ0v) is 13.8. The van der Waals surface area contributed by atoms with Gasteiger partial charge in [0, 0.05) is 5.56 Å². The molecule has 0 unspecified atom stereocenters. The zero-order chi connectivity index (χ0) is 18.0. The number of hydrogen-bond donors (Lipinski definition) is 0. The first-order chi connectivity index (χ1) is 11.9. The smallest absolute Gasteiger partial charge is 0.416 e. The highest BCUT2D eigenvalue weighted by Crippen LogP contribution is 2.34. The minimum absolute atomic E-state index is 0.219. The Bertz CT molecular complexity index is 999. The second kappa shape index (κ2) is 6.57. The largest absolute Gasteiger partial charge is 0.496 e. The molecule has 0 radical (unpaired) electrons. The lowest BCUT2D eigenvalue weighted by Gasteiger charge is -2.04. The standard InChI is InChI=1S/C18H11F3N2OS/c1-24-15-5-3-2-4-11(15)8-12(10-22)17-23-14-9-13(18(19,20)21)6-7-16(14)25-17/h2-9H,1H3. The second-order valence-electron chi connectivity index (χ2n) is 5.11. The van der Waals surface area contributed by atoms with Crippen LogP contribution in [-0.2, 0) is 6.18 Å². The summed E-state index contributed by atoms with van der Waals surface area (Å²) >= 11 is 1.17. The predicted octanol–water partition coefficient (Wildman–Crippen LogP) is 5.39. The molecule has 25 heavy (non-hydrogen) atoms. The lowest BCUT2D eigenvalue weighted by molar-refractivity contribution is -0.137. The van der Waals surface area contributed by atoms with E-state index in [1.165, 1.54) is 24.5 Å². The molecule has 3 aromatic rings. The zero-order valence-electron chi connectivity index (χ0n) is 13.0. The Morgan fingerprint density at radius 3 is 2.68 bits per heavy atom. The van der Waals surface area contributed by atoms with Crippen molar-refractivity contribution in [2.24, 2.45) is 0 Å². The van der Waals surface area contributed by atoms with Crippen molar-refractivity contribution in [2.75, 3.05) is 7.11 Å². The number of allylic oxidation sites excluding steroid dienone is 1.